The highest BCUT2D eigenvalue weighted by molar-refractivity contribution is 5.85. The van der Waals surface area contributed by atoms with Gasteiger partial charge in [-0.15, -0.1) is 24.8 Å². The molecule has 0 saturated heterocycles. The molecule has 0 aromatic heterocycles. The Morgan fingerprint density at radius 3 is 2.36 bits per heavy atom. The second-order valence-corrected chi connectivity index (χ2v) is 3.90. The first-order valence-corrected chi connectivity index (χ1v) is 4.49. The minimum atomic E-state index is -0.612. The van der Waals surface area contributed by atoms with Gasteiger partial charge in [-0.25, -0.2) is 0 Å². The van der Waals surface area contributed by atoms with Crippen LogP contribution in [0.2, 0.25) is 0 Å². The van der Waals surface area contributed by atoms with Gasteiger partial charge >= 0.3 is 5.97 Å². The number of carboxylic acids is 1. The minimum Gasteiger partial charge on any atom is -0.481 e. The second-order valence-electron chi connectivity index (χ2n) is 3.90. The average Bonchev–Trinajstić information content (AvgIpc) is 2.33. The van der Waals surface area contributed by atoms with E-state index in [0.717, 1.165) is 25.8 Å². The van der Waals surface area contributed by atoms with Crippen molar-refractivity contribution in [1.29, 1.82) is 0 Å². The van der Waals surface area contributed by atoms with E-state index in [1.165, 1.54) is 0 Å². The molecule has 1 saturated carbocycles. The molecule has 1 rings (SSSR count). The van der Waals surface area contributed by atoms with Gasteiger partial charge in [0.2, 0.25) is 0 Å². The number of halogens is 2. The normalized spacial score (nSPS) is 25.4. The molecule has 1 N–H and O–H groups in total. The van der Waals surface area contributed by atoms with Gasteiger partial charge in [0.1, 0.15) is 0 Å². The SMILES string of the molecule is CN(C)CC1CCCC1C(=O)O.Cl.Cl. The molecule has 0 radical (unpaired) electrons. The minimum absolute atomic E-state index is 0. The molecule has 0 amide bonds. The van der Waals surface area contributed by atoms with Crippen molar-refractivity contribution >= 4 is 30.8 Å². The molecule has 1 aliphatic carbocycles. The zero-order valence-corrected chi connectivity index (χ0v) is 10.2. The Morgan fingerprint density at radius 1 is 1.36 bits per heavy atom. The van der Waals surface area contributed by atoms with Crippen molar-refractivity contribution in [2.75, 3.05) is 20.6 Å². The van der Waals surface area contributed by atoms with Crippen molar-refractivity contribution in [2.45, 2.75) is 19.3 Å². The molecule has 0 aromatic carbocycles. The first-order valence-electron chi connectivity index (χ1n) is 4.49. The third kappa shape index (κ3) is 4.49. The summed E-state index contributed by atoms with van der Waals surface area (Å²) in [5.41, 5.74) is 0. The van der Waals surface area contributed by atoms with Crippen LogP contribution < -0.4 is 0 Å². The maximum absolute atomic E-state index is 10.8. The quantitative estimate of drug-likeness (QED) is 0.824. The van der Waals surface area contributed by atoms with Crippen LogP contribution in [0.15, 0.2) is 0 Å². The molecule has 0 bridgehead atoms. The lowest BCUT2D eigenvalue weighted by Gasteiger charge is -2.19. The number of carboxylic acid groups (broad SMARTS) is 1. The molecule has 3 nitrogen and oxygen atoms in total. The summed E-state index contributed by atoms with van der Waals surface area (Å²) in [4.78, 5) is 12.9. The Morgan fingerprint density at radius 2 is 1.93 bits per heavy atom. The molecule has 86 valence electrons. The van der Waals surface area contributed by atoms with Crippen LogP contribution in [0.1, 0.15) is 19.3 Å². The lowest BCUT2D eigenvalue weighted by molar-refractivity contribution is -0.143. The first kappa shape index (κ1) is 16.4. The summed E-state index contributed by atoms with van der Waals surface area (Å²) in [5, 5.41) is 8.88. The highest BCUT2D eigenvalue weighted by atomic mass is 35.5. The van der Waals surface area contributed by atoms with Gasteiger partial charge in [-0.1, -0.05) is 6.42 Å². The lowest BCUT2D eigenvalue weighted by Crippen LogP contribution is -2.28. The van der Waals surface area contributed by atoms with Crippen LogP contribution in [0, 0.1) is 11.8 Å². The summed E-state index contributed by atoms with van der Waals surface area (Å²) < 4.78 is 0. The number of hydrogen-bond acceptors (Lipinski definition) is 2. The average molecular weight is 244 g/mol. The Labute approximate surface area is 97.7 Å². The largest absolute Gasteiger partial charge is 0.481 e. The Kier molecular flexibility index (Phi) is 8.60. The molecule has 14 heavy (non-hydrogen) atoms. The number of aliphatic carboxylic acids is 1. The number of hydrogen-bond donors (Lipinski definition) is 1. The van der Waals surface area contributed by atoms with Crippen LogP contribution in [0.5, 0.6) is 0 Å². The van der Waals surface area contributed by atoms with Crippen molar-refractivity contribution in [3.63, 3.8) is 0 Å². The third-order valence-electron chi connectivity index (χ3n) is 2.58. The molecule has 1 fully saturated rings. The summed E-state index contributed by atoms with van der Waals surface area (Å²) in [6.45, 7) is 0.914. The van der Waals surface area contributed by atoms with Crippen LogP contribution in [0.3, 0.4) is 0 Å². The fraction of sp³-hybridized carbons (Fsp3) is 0.889. The van der Waals surface area contributed by atoms with Crippen molar-refractivity contribution in [3.05, 3.63) is 0 Å². The van der Waals surface area contributed by atoms with Crippen LogP contribution >= 0.6 is 24.8 Å². The summed E-state index contributed by atoms with van der Waals surface area (Å²) in [7, 11) is 3.99. The first-order chi connectivity index (χ1) is 5.61. The smallest absolute Gasteiger partial charge is 0.306 e. The van der Waals surface area contributed by atoms with Crippen LogP contribution in [-0.4, -0.2) is 36.6 Å². The van der Waals surface area contributed by atoms with Crippen molar-refractivity contribution in [3.8, 4) is 0 Å². The number of rotatable bonds is 3. The van der Waals surface area contributed by atoms with Gasteiger partial charge in [-0.3, -0.25) is 4.79 Å². The molecule has 0 spiro atoms. The maximum Gasteiger partial charge on any atom is 0.306 e. The zero-order chi connectivity index (χ0) is 9.14. The van der Waals surface area contributed by atoms with E-state index in [9.17, 15) is 4.79 Å². The Bertz CT molecular complexity index is 176. The van der Waals surface area contributed by atoms with E-state index in [0.29, 0.717) is 5.92 Å². The van der Waals surface area contributed by atoms with Gasteiger partial charge in [0.25, 0.3) is 0 Å². The standard InChI is InChI=1S/C9H17NO2.2ClH/c1-10(2)6-7-4-3-5-8(7)9(11)12;;/h7-8H,3-6H2,1-2H3,(H,11,12);2*1H. The summed E-state index contributed by atoms with van der Waals surface area (Å²) in [5.74, 6) is -0.329. The predicted molar refractivity (Wildman–Crippen MR) is 61.5 cm³/mol. The number of carbonyl (C=O) groups is 1. The highest BCUT2D eigenvalue weighted by Gasteiger charge is 2.32. The van der Waals surface area contributed by atoms with Crippen LogP contribution in [0.25, 0.3) is 0 Å². The van der Waals surface area contributed by atoms with Gasteiger partial charge in [0, 0.05) is 6.54 Å². The zero-order valence-electron chi connectivity index (χ0n) is 8.60. The molecule has 0 aliphatic heterocycles. The summed E-state index contributed by atoms with van der Waals surface area (Å²) in [6, 6.07) is 0. The number of nitrogens with zero attached hydrogens (tertiary/aromatic N) is 1. The topological polar surface area (TPSA) is 40.5 Å². The Balaban J connectivity index is 0. The monoisotopic (exact) mass is 243 g/mol. The molecular formula is C9H19Cl2NO2. The van der Waals surface area contributed by atoms with E-state index < -0.39 is 5.97 Å². The van der Waals surface area contributed by atoms with E-state index >= 15 is 0 Å². The fourth-order valence-electron chi connectivity index (χ4n) is 2.05. The van der Waals surface area contributed by atoms with Crippen molar-refractivity contribution in [1.82, 2.24) is 4.90 Å². The highest BCUT2D eigenvalue weighted by Crippen LogP contribution is 2.31. The molecule has 5 heteroatoms. The van der Waals surface area contributed by atoms with Crippen LogP contribution in [0.4, 0.5) is 0 Å². The summed E-state index contributed by atoms with van der Waals surface area (Å²) in [6.07, 6.45) is 3.03. The van der Waals surface area contributed by atoms with Gasteiger partial charge in [-0.2, -0.15) is 0 Å². The van der Waals surface area contributed by atoms with E-state index in [4.69, 9.17) is 5.11 Å². The van der Waals surface area contributed by atoms with E-state index in [2.05, 4.69) is 4.90 Å². The van der Waals surface area contributed by atoms with Crippen LogP contribution in [-0.2, 0) is 4.79 Å². The second kappa shape index (κ2) is 7.32. The van der Waals surface area contributed by atoms with E-state index in [1.807, 2.05) is 14.1 Å². The van der Waals surface area contributed by atoms with Gasteiger partial charge < -0.3 is 10.0 Å². The van der Waals surface area contributed by atoms with Gasteiger partial charge in [0.15, 0.2) is 0 Å². The van der Waals surface area contributed by atoms with Crippen molar-refractivity contribution < 1.29 is 9.90 Å². The van der Waals surface area contributed by atoms with Gasteiger partial charge in [-0.05, 0) is 32.9 Å². The Hall–Kier alpha value is 0.01000. The molecule has 0 aromatic rings. The van der Waals surface area contributed by atoms with E-state index in [1.54, 1.807) is 0 Å². The predicted octanol–water partition coefficient (Wildman–Crippen LogP) is 1.89. The van der Waals surface area contributed by atoms with Gasteiger partial charge in [0.05, 0.1) is 5.92 Å². The molecule has 2 atom stereocenters. The maximum atomic E-state index is 10.8. The van der Waals surface area contributed by atoms with Crippen molar-refractivity contribution in [2.24, 2.45) is 11.8 Å². The lowest BCUT2D eigenvalue weighted by atomic mass is 9.96. The summed E-state index contributed by atoms with van der Waals surface area (Å²) >= 11 is 0. The van der Waals surface area contributed by atoms with E-state index in [-0.39, 0.29) is 30.7 Å². The molecule has 0 heterocycles. The molecular weight excluding hydrogens is 225 g/mol. The fourth-order valence-corrected chi connectivity index (χ4v) is 2.05. The molecule has 1 aliphatic rings. The molecule has 2 unspecified atom stereocenters. The third-order valence-corrected chi connectivity index (χ3v) is 2.58.